The summed E-state index contributed by atoms with van der Waals surface area (Å²) in [4.78, 5) is 32.2. The van der Waals surface area contributed by atoms with Crippen LogP contribution >= 0.6 is 11.6 Å². The summed E-state index contributed by atoms with van der Waals surface area (Å²) in [6, 6.07) is 4.29. The third-order valence-electron chi connectivity index (χ3n) is 10.6. The summed E-state index contributed by atoms with van der Waals surface area (Å²) in [6.07, 6.45) is -10.2. The number of alkyl halides is 8. The van der Waals surface area contributed by atoms with Crippen LogP contribution in [0.3, 0.4) is 0 Å². The number of halogens is 11. The van der Waals surface area contributed by atoms with Gasteiger partial charge in [-0.1, -0.05) is 23.6 Å². The van der Waals surface area contributed by atoms with Crippen LogP contribution in [0.4, 0.5) is 54.5 Å². The Labute approximate surface area is 397 Å². The number of carbonyl (C=O) groups excluding carboxylic acids is 2. The van der Waals surface area contributed by atoms with Crippen LogP contribution in [0.5, 0.6) is 0 Å². The molecule has 3 atom stereocenters. The first kappa shape index (κ1) is 52.8. The fourth-order valence-corrected chi connectivity index (χ4v) is 8.47. The Balaban J connectivity index is 1.63. The number of hydrogen-bond acceptors (Lipinski definition) is 8. The van der Waals surface area contributed by atoms with Crippen molar-refractivity contribution in [2.75, 3.05) is 23.4 Å². The van der Waals surface area contributed by atoms with Gasteiger partial charge >= 0.3 is 18.4 Å². The van der Waals surface area contributed by atoms with Crippen LogP contribution < -0.4 is 14.9 Å². The molecule has 3 unspecified atom stereocenters. The molecule has 0 saturated carbocycles. The van der Waals surface area contributed by atoms with E-state index in [1.165, 1.54) is 58.2 Å². The highest BCUT2D eigenvalue weighted by atomic mass is 35.5. The fourth-order valence-electron chi connectivity index (χ4n) is 7.37. The molecule has 0 bridgehead atoms. The molecule has 0 saturated heterocycles. The van der Waals surface area contributed by atoms with Gasteiger partial charge in [0.05, 0.1) is 33.3 Å². The Bertz CT molecular complexity index is 2940. The number of anilines is 1. The lowest BCUT2D eigenvalue weighted by Crippen LogP contribution is -2.46. The number of hydrogen-bond donors (Lipinski definition) is 3. The number of carbonyl (C=O) groups is 2. The molecule has 1 aliphatic rings. The number of amides is 3. The molecular formula is C43H41ClF10N8O5S2. The maximum absolute atomic E-state index is 15.1. The van der Waals surface area contributed by atoms with Crippen LogP contribution in [0, 0.1) is 23.5 Å². The predicted molar refractivity (Wildman–Crippen MR) is 236 cm³/mol. The average Bonchev–Trinajstić information content (AvgIpc) is 3.86. The summed E-state index contributed by atoms with van der Waals surface area (Å²) in [5, 5.41) is 21.7. The van der Waals surface area contributed by atoms with E-state index in [0.29, 0.717) is 15.1 Å². The van der Waals surface area contributed by atoms with Gasteiger partial charge in [0.25, 0.3) is 5.92 Å². The van der Waals surface area contributed by atoms with E-state index < -0.39 is 147 Å². The topological polar surface area (TPSA) is 164 Å². The average molecular weight is 1040 g/mol. The normalized spacial score (nSPS) is 15.3. The van der Waals surface area contributed by atoms with Crippen molar-refractivity contribution in [3.05, 3.63) is 93.0 Å². The van der Waals surface area contributed by atoms with Crippen molar-refractivity contribution in [2.45, 2.75) is 94.7 Å². The molecule has 3 N–H and O–H groups in total. The van der Waals surface area contributed by atoms with Gasteiger partial charge in [0.1, 0.15) is 51.8 Å². The molecule has 3 aromatic heterocycles. The van der Waals surface area contributed by atoms with E-state index in [4.69, 9.17) is 11.6 Å². The summed E-state index contributed by atoms with van der Waals surface area (Å²) in [7, 11) is -3.93. The molecule has 372 valence electrons. The minimum Gasteiger partial charge on any atom is -0.389 e. The highest BCUT2D eigenvalue weighted by molar-refractivity contribution is 7.86. The molecule has 69 heavy (non-hydrogen) atoms. The van der Waals surface area contributed by atoms with Crippen LogP contribution in [-0.4, -0.2) is 85.6 Å². The molecule has 3 amide bonds. The van der Waals surface area contributed by atoms with Crippen molar-refractivity contribution in [3.63, 3.8) is 0 Å². The maximum Gasteiger partial charge on any atom is 0.435 e. The minimum atomic E-state index is -5.19. The van der Waals surface area contributed by atoms with Gasteiger partial charge in [-0.3, -0.25) is 18.4 Å². The van der Waals surface area contributed by atoms with Crippen molar-refractivity contribution >= 4 is 62.0 Å². The van der Waals surface area contributed by atoms with Gasteiger partial charge in [0.2, 0.25) is 5.91 Å². The summed E-state index contributed by atoms with van der Waals surface area (Å²) in [5.41, 5.74) is -6.67. The van der Waals surface area contributed by atoms with E-state index in [0.717, 1.165) is 18.4 Å². The van der Waals surface area contributed by atoms with Gasteiger partial charge in [-0.2, -0.15) is 49.6 Å². The Hall–Kier alpha value is -5.58. The lowest BCUT2D eigenvalue weighted by Gasteiger charge is -2.23. The van der Waals surface area contributed by atoms with Gasteiger partial charge in [-0.05, 0) is 82.4 Å². The van der Waals surface area contributed by atoms with E-state index in [-0.39, 0.29) is 43.2 Å². The molecule has 0 radical (unpaired) electrons. The Morgan fingerprint density at radius 2 is 1.59 bits per heavy atom. The summed E-state index contributed by atoms with van der Waals surface area (Å²) in [5.74, 6) is -2.43. The molecule has 5 aromatic rings. The summed E-state index contributed by atoms with van der Waals surface area (Å²) in [6.45, 7) is 2.19. The van der Waals surface area contributed by atoms with Crippen LogP contribution in [0.25, 0.3) is 22.0 Å². The van der Waals surface area contributed by atoms with Crippen LogP contribution in [-0.2, 0) is 64.6 Å². The zero-order valence-corrected chi connectivity index (χ0v) is 39.5. The molecule has 0 fully saturated rings. The number of nitrogens with zero attached hydrogens (tertiary/aromatic N) is 6. The maximum atomic E-state index is 15.1. The predicted octanol–water partition coefficient (Wildman–Crippen LogP) is 8.03. The first-order valence-electron chi connectivity index (χ1n) is 20.3. The molecule has 26 heteroatoms. The number of pyridine rings is 1. The monoisotopic (exact) mass is 1040 g/mol. The number of rotatable bonds is 13. The van der Waals surface area contributed by atoms with Gasteiger partial charge in [0, 0.05) is 59.0 Å². The zero-order valence-electron chi connectivity index (χ0n) is 37.1. The Morgan fingerprint density at radius 1 is 0.957 bits per heavy atom. The number of aliphatic hydroxyl groups is 1. The van der Waals surface area contributed by atoms with Crippen molar-refractivity contribution in [2.24, 2.45) is 0 Å². The second kappa shape index (κ2) is 19.3. The van der Waals surface area contributed by atoms with E-state index >= 15 is 8.78 Å². The quantitative estimate of drug-likeness (QED) is 0.0789. The first-order chi connectivity index (χ1) is 31.8. The van der Waals surface area contributed by atoms with E-state index in [9.17, 15) is 58.2 Å². The highest BCUT2D eigenvalue weighted by Gasteiger charge is 2.50. The lowest BCUT2D eigenvalue weighted by molar-refractivity contribution is -0.142. The minimum absolute atomic E-state index is 0.137. The molecular weight excluding hydrogens is 998 g/mol. The number of fused-ring (bicyclic) bond motifs is 2. The summed E-state index contributed by atoms with van der Waals surface area (Å²) >= 11 is 6.67. The molecule has 0 spiro atoms. The summed E-state index contributed by atoms with van der Waals surface area (Å²) < 4.78 is 171. The van der Waals surface area contributed by atoms with Crippen molar-refractivity contribution in [3.8, 4) is 23.0 Å². The largest absolute Gasteiger partial charge is 0.435 e. The van der Waals surface area contributed by atoms with Crippen molar-refractivity contribution in [1.29, 1.82) is 0 Å². The van der Waals surface area contributed by atoms with E-state index in [1.807, 2.05) is 0 Å². The van der Waals surface area contributed by atoms with Crippen LogP contribution in [0.2, 0.25) is 5.02 Å². The SMILES string of the molecule is CS(=O)N(C(=O)NCC(C)(C)O)c1nn(CC(F)(F)F)c2c(-c3ccc(C#CC(C)(C)S(C)=O)nc3C(Cc3cc(F)cc(F)c3)NC(=O)Cn3nc(C(F)(F)F)c4c3C(F)(F)CC4)ccc(Cl)c12. The number of urea groups is 1. The number of benzene rings is 2. The first-order valence-corrected chi connectivity index (χ1v) is 23.8. The smallest absolute Gasteiger partial charge is 0.389 e. The van der Waals surface area contributed by atoms with E-state index in [2.05, 4.69) is 37.7 Å². The van der Waals surface area contributed by atoms with Gasteiger partial charge < -0.3 is 15.7 Å². The fraction of sp³-hybridized carbons (Fsp3) is 0.419. The molecule has 1 aliphatic carbocycles. The third-order valence-corrected chi connectivity index (χ3v) is 13.3. The van der Waals surface area contributed by atoms with Gasteiger partial charge in [0.15, 0.2) is 11.5 Å². The second-order valence-electron chi connectivity index (χ2n) is 17.1. The van der Waals surface area contributed by atoms with Crippen LogP contribution in [0.1, 0.15) is 74.1 Å². The highest BCUT2D eigenvalue weighted by Crippen LogP contribution is 2.47. The lowest BCUT2D eigenvalue weighted by atomic mass is 9.93. The van der Waals surface area contributed by atoms with Gasteiger partial charge in [-0.25, -0.2) is 22.8 Å². The second-order valence-corrected chi connectivity index (χ2v) is 20.6. The molecule has 6 rings (SSSR count). The Kier molecular flexibility index (Phi) is 14.8. The molecule has 13 nitrogen and oxygen atoms in total. The van der Waals surface area contributed by atoms with Crippen LogP contribution in [0.15, 0.2) is 42.5 Å². The van der Waals surface area contributed by atoms with E-state index in [1.54, 1.807) is 0 Å². The standard InChI is InChI=1S/C43H41ClF10N8O5S2/c1-39(2,65)20-55-38(64)62(69(6)67)37-32-29(44)10-9-27(34(32)61(59-37)21-42(49,50)51)26-8-7-25(11-13-40(3,4)68(5)66)56-33(26)30(17-22-15-23(45)18-24(46)16-22)57-31(63)19-60-36-28(12-14-41(36,47)48)35(58-60)43(52,53)54/h7-10,15-16,18,30,65H,12,14,17,19-21H2,1-6H3,(H,55,64)(H,57,63). The Morgan fingerprint density at radius 3 is 2.17 bits per heavy atom. The van der Waals surface area contributed by atoms with Crippen molar-refractivity contribution < 1.29 is 67.0 Å². The van der Waals surface area contributed by atoms with Gasteiger partial charge in [-0.15, -0.1) is 0 Å². The number of aromatic nitrogens is 5. The molecule has 2 aromatic carbocycles. The number of nitrogens with one attached hydrogen (secondary N) is 2. The zero-order chi connectivity index (χ0) is 51.3. The van der Waals surface area contributed by atoms with Crippen molar-refractivity contribution in [1.82, 2.24) is 35.2 Å². The third kappa shape index (κ3) is 12.1. The molecule has 3 heterocycles. The molecule has 0 aliphatic heterocycles.